The van der Waals surface area contributed by atoms with Crippen LogP contribution in [0.4, 0.5) is 5.69 Å². The van der Waals surface area contributed by atoms with Crippen molar-refractivity contribution in [1.82, 2.24) is 13.6 Å². The first-order valence-corrected chi connectivity index (χ1v) is 8.76. The number of hydrogen-bond acceptors (Lipinski definition) is 5. The fourth-order valence-electron chi connectivity index (χ4n) is 2.82. The Kier molecular flexibility index (Phi) is 5.17. The highest BCUT2D eigenvalue weighted by Crippen LogP contribution is 2.21. The van der Waals surface area contributed by atoms with Gasteiger partial charge in [0.05, 0.1) is 17.4 Å². The zero-order valence-electron chi connectivity index (χ0n) is 13.0. The number of nitrogens with zero attached hydrogens (tertiary/aromatic N) is 3. The standard InChI is InChI=1S/C16H20N4O2S/c21-14(8-9-15(22)20-10-3-1-2-4-11-20)17-12-6-5-7-13-16(12)19-23-18-13/h5-7H,1-4,8-11H2,(H,17,21). The minimum absolute atomic E-state index is 0.0792. The van der Waals surface area contributed by atoms with E-state index in [0.717, 1.165) is 43.2 Å². The van der Waals surface area contributed by atoms with Gasteiger partial charge in [-0.25, -0.2) is 0 Å². The van der Waals surface area contributed by atoms with Crippen molar-refractivity contribution in [2.75, 3.05) is 18.4 Å². The van der Waals surface area contributed by atoms with Crippen LogP contribution in [0.3, 0.4) is 0 Å². The van der Waals surface area contributed by atoms with Crippen LogP contribution < -0.4 is 5.32 Å². The van der Waals surface area contributed by atoms with Gasteiger partial charge in [-0.1, -0.05) is 18.9 Å². The van der Waals surface area contributed by atoms with Crippen molar-refractivity contribution in [3.05, 3.63) is 18.2 Å². The quantitative estimate of drug-likeness (QED) is 0.934. The third-order valence-electron chi connectivity index (χ3n) is 4.08. The molecule has 2 heterocycles. The van der Waals surface area contributed by atoms with Gasteiger partial charge in [0, 0.05) is 25.9 Å². The van der Waals surface area contributed by atoms with E-state index in [1.165, 1.54) is 12.8 Å². The summed E-state index contributed by atoms with van der Waals surface area (Å²) in [5.41, 5.74) is 2.13. The van der Waals surface area contributed by atoms with E-state index < -0.39 is 0 Å². The Labute approximate surface area is 139 Å². The van der Waals surface area contributed by atoms with Gasteiger partial charge in [-0.15, -0.1) is 0 Å². The van der Waals surface area contributed by atoms with Gasteiger partial charge in [-0.2, -0.15) is 8.75 Å². The van der Waals surface area contributed by atoms with Crippen LogP contribution in [0, 0.1) is 0 Å². The van der Waals surface area contributed by atoms with Crippen molar-refractivity contribution in [1.29, 1.82) is 0 Å². The lowest BCUT2D eigenvalue weighted by molar-refractivity contribution is -0.132. The topological polar surface area (TPSA) is 75.2 Å². The third-order valence-corrected chi connectivity index (χ3v) is 4.63. The highest BCUT2D eigenvalue weighted by molar-refractivity contribution is 7.00. The molecule has 2 amide bonds. The van der Waals surface area contributed by atoms with Crippen LogP contribution in [-0.4, -0.2) is 38.6 Å². The Morgan fingerprint density at radius 3 is 2.65 bits per heavy atom. The molecule has 6 nitrogen and oxygen atoms in total. The number of hydrogen-bond donors (Lipinski definition) is 1. The molecule has 122 valence electrons. The Hall–Kier alpha value is -2.02. The summed E-state index contributed by atoms with van der Waals surface area (Å²) in [5, 5.41) is 2.84. The minimum atomic E-state index is -0.159. The smallest absolute Gasteiger partial charge is 0.224 e. The molecule has 0 aliphatic carbocycles. The molecule has 3 rings (SSSR count). The zero-order chi connectivity index (χ0) is 16.1. The lowest BCUT2D eigenvalue weighted by atomic mass is 10.2. The molecule has 1 aliphatic heterocycles. The number of amides is 2. The molecule has 1 aromatic carbocycles. The monoisotopic (exact) mass is 332 g/mol. The largest absolute Gasteiger partial charge is 0.343 e. The fraction of sp³-hybridized carbons (Fsp3) is 0.500. The first-order valence-electron chi connectivity index (χ1n) is 8.03. The molecule has 1 aromatic heterocycles. The van der Waals surface area contributed by atoms with E-state index in [1.807, 2.05) is 17.0 Å². The van der Waals surface area contributed by atoms with Gasteiger partial charge in [0.1, 0.15) is 11.0 Å². The zero-order valence-corrected chi connectivity index (χ0v) is 13.8. The first-order chi connectivity index (χ1) is 11.2. The van der Waals surface area contributed by atoms with E-state index in [2.05, 4.69) is 14.1 Å². The predicted octanol–water partition coefficient (Wildman–Crippen LogP) is 2.81. The first kappa shape index (κ1) is 15.9. The number of nitrogens with one attached hydrogen (secondary N) is 1. The molecule has 1 N–H and O–H groups in total. The molecule has 0 saturated carbocycles. The van der Waals surface area contributed by atoms with Crippen LogP contribution in [0.1, 0.15) is 38.5 Å². The second kappa shape index (κ2) is 7.50. The highest BCUT2D eigenvalue weighted by Gasteiger charge is 2.17. The molecule has 0 radical (unpaired) electrons. The van der Waals surface area contributed by atoms with E-state index in [4.69, 9.17) is 0 Å². The van der Waals surface area contributed by atoms with Gasteiger partial charge in [-0.3, -0.25) is 9.59 Å². The van der Waals surface area contributed by atoms with E-state index >= 15 is 0 Å². The summed E-state index contributed by atoms with van der Waals surface area (Å²) in [7, 11) is 0. The normalized spacial score (nSPS) is 15.4. The van der Waals surface area contributed by atoms with Crippen molar-refractivity contribution in [3.63, 3.8) is 0 Å². The summed E-state index contributed by atoms with van der Waals surface area (Å²) in [6.45, 7) is 1.65. The lowest BCUT2D eigenvalue weighted by Gasteiger charge is -2.20. The summed E-state index contributed by atoms with van der Waals surface area (Å²) in [6, 6.07) is 5.50. The molecule has 0 bridgehead atoms. The van der Waals surface area contributed by atoms with Gasteiger partial charge in [0.2, 0.25) is 11.8 Å². The summed E-state index contributed by atoms with van der Waals surface area (Å²) in [6.07, 6.45) is 4.97. The van der Waals surface area contributed by atoms with E-state index in [9.17, 15) is 9.59 Å². The summed E-state index contributed by atoms with van der Waals surface area (Å²) >= 11 is 1.12. The van der Waals surface area contributed by atoms with Crippen LogP contribution in [0.15, 0.2) is 18.2 Å². The lowest BCUT2D eigenvalue weighted by Crippen LogP contribution is -2.32. The average Bonchev–Trinajstić information content (AvgIpc) is 2.87. The molecule has 0 unspecified atom stereocenters. The molecular formula is C16H20N4O2S. The van der Waals surface area contributed by atoms with Crippen molar-refractivity contribution in [2.45, 2.75) is 38.5 Å². The van der Waals surface area contributed by atoms with Crippen molar-refractivity contribution < 1.29 is 9.59 Å². The van der Waals surface area contributed by atoms with Crippen LogP contribution >= 0.6 is 11.7 Å². The van der Waals surface area contributed by atoms with Gasteiger partial charge < -0.3 is 10.2 Å². The number of carbonyl (C=O) groups is 2. The average molecular weight is 332 g/mol. The molecule has 1 saturated heterocycles. The predicted molar refractivity (Wildman–Crippen MR) is 90.3 cm³/mol. The van der Waals surface area contributed by atoms with Crippen LogP contribution in [-0.2, 0) is 9.59 Å². The molecule has 1 aliphatic rings. The Balaban J connectivity index is 1.53. The van der Waals surface area contributed by atoms with Gasteiger partial charge >= 0.3 is 0 Å². The molecule has 23 heavy (non-hydrogen) atoms. The molecular weight excluding hydrogens is 312 g/mol. The SMILES string of the molecule is O=C(CCC(=O)N1CCCCCC1)Nc1cccc2nsnc12. The molecule has 0 atom stereocenters. The summed E-state index contributed by atoms with van der Waals surface area (Å²) in [4.78, 5) is 26.2. The fourth-order valence-corrected chi connectivity index (χ4v) is 3.37. The maximum atomic E-state index is 12.2. The second-order valence-corrected chi connectivity index (χ2v) is 6.31. The number of carbonyl (C=O) groups excluding carboxylic acids is 2. The highest BCUT2D eigenvalue weighted by atomic mass is 32.1. The van der Waals surface area contributed by atoms with E-state index in [0.29, 0.717) is 11.2 Å². The molecule has 2 aromatic rings. The second-order valence-electron chi connectivity index (χ2n) is 5.78. The minimum Gasteiger partial charge on any atom is -0.343 e. The van der Waals surface area contributed by atoms with Crippen LogP contribution in [0.5, 0.6) is 0 Å². The van der Waals surface area contributed by atoms with Gasteiger partial charge in [0.15, 0.2) is 0 Å². The van der Waals surface area contributed by atoms with Crippen LogP contribution in [0.25, 0.3) is 11.0 Å². The van der Waals surface area contributed by atoms with Crippen LogP contribution in [0.2, 0.25) is 0 Å². The summed E-state index contributed by atoms with van der Waals surface area (Å²) < 4.78 is 8.34. The number of likely N-dealkylation sites (tertiary alicyclic amines) is 1. The Morgan fingerprint density at radius 2 is 1.87 bits per heavy atom. The van der Waals surface area contributed by atoms with Gasteiger partial charge in [-0.05, 0) is 25.0 Å². The number of anilines is 1. The van der Waals surface area contributed by atoms with Crippen molar-refractivity contribution in [2.24, 2.45) is 0 Å². The number of fused-ring (bicyclic) bond motifs is 1. The maximum absolute atomic E-state index is 12.2. The Morgan fingerprint density at radius 1 is 1.09 bits per heavy atom. The van der Waals surface area contributed by atoms with Gasteiger partial charge in [0.25, 0.3) is 0 Å². The Bertz CT molecular complexity index is 692. The molecule has 7 heteroatoms. The number of benzene rings is 1. The number of aromatic nitrogens is 2. The van der Waals surface area contributed by atoms with Crippen molar-refractivity contribution in [3.8, 4) is 0 Å². The molecule has 1 fully saturated rings. The van der Waals surface area contributed by atoms with E-state index in [-0.39, 0.29) is 24.7 Å². The third kappa shape index (κ3) is 4.04. The van der Waals surface area contributed by atoms with E-state index in [1.54, 1.807) is 6.07 Å². The van der Waals surface area contributed by atoms with Crippen molar-refractivity contribution >= 4 is 40.3 Å². The maximum Gasteiger partial charge on any atom is 0.224 e. The number of rotatable bonds is 4. The molecule has 0 spiro atoms. The summed E-state index contributed by atoms with van der Waals surface area (Å²) in [5.74, 6) is -0.0794.